The van der Waals surface area contributed by atoms with Crippen LogP contribution in [0.3, 0.4) is 0 Å². The fourth-order valence-electron chi connectivity index (χ4n) is 10.1. The van der Waals surface area contributed by atoms with Crippen LogP contribution in [-0.4, -0.2) is 134 Å². The zero-order valence-electron chi connectivity index (χ0n) is 38.4. The minimum Gasteiger partial charge on any atom is -0.491 e. The number of morpholine rings is 1. The molecule has 17 nitrogen and oxygen atoms in total. The second kappa shape index (κ2) is 21.0. The van der Waals surface area contributed by atoms with Crippen LogP contribution in [0.25, 0.3) is 10.9 Å². The van der Waals surface area contributed by atoms with E-state index < -0.39 is 63.0 Å². The molecule has 2 aliphatic carbocycles. The number of likely N-dealkylation sites (tertiary alicyclic amines) is 1. The van der Waals surface area contributed by atoms with Crippen LogP contribution in [0.1, 0.15) is 103 Å². The number of ether oxygens (including phenoxy) is 3. The van der Waals surface area contributed by atoms with E-state index in [1.807, 2.05) is 45.0 Å². The van der Waals surface area contributed by atoms with Gasteiger partial charge in [0.25, 0.3) is 11.5 Å². The van der Waals surface area contributed by atoms with Gasteiger partial charge in [-0.1, -0.05) is 51.8 Å². The number of carbonyl (C=O) groups is 4. The molecule has 0 spiro atoms. The van der Waals surface area contributed by atoms with Crippen molar-refractivity contribution in [2.24, 2.45) is 17.3 Å². The van der Waals surface area contributed by atoms with Crippen molar-refractivity contribution in [3.8, 4) is 5.75 Å². The van der Waals surface area contributed by atoms with Gasteiger partial charge in [0.15, 0.2) is 0 Å². The molecule has 1 aromatic heterocycles. The molecule has 7 rings (SSSR count). The second-order valence-corrected chi connectivity index (χ2v) is 21.2. The summed E-state index contributed by atoms with van der Waals surface area (Å²) in [5.41, 5.74) is -0.956. The van der Waals surface area contributed by atoms with Gasteiger partial charge in [0.2, 0.25) is 11.8 Å². The zero-order valence-corrected chi connectivity index (χ0v) is 39.2. The third kappa shape index (κ3) is 11.5. The molecule has 4 heterocycles. The Balaban J connectivity index is 0.906. The van der Waals surface area contributed by atoms with Crippen molar-refractivity contribution >= 4 is 44.9 Å². The molecule has 5 fully saturated rings. The fourth-order valence-corrected chi connectivity index (χ4v) is 11.4. The summed E-state index contributed by atoms with van der Waals surface area (Å²) >= 11 is 0. The normalized spacial score (nSPS) is 25.6. The van der Waals surface area contributed by atoms with Crippen molar-refractivity contribution < 1.29 is 41.8 Å². The number of H-pyrrole nitrogens is 1. The van der Waals surface area contributed by atoms with Crippen molar-refractivity contribution in [2.75, 3.05) is 59.1 Å². The Morgan fingerprint density at radius 2 is 1.74 bits per heavy atom. The summed E-state index contributed by atoms with van der Waals surface area (Å²) in [6.07, 6.45) is 9.59. The average Bonchev–Trinajstić information content (AvgIpc) is 3.77. The molecule has 6 atom stereocenters. The van der Waals surface area contributed by atoms with E-state index in [9.17, 15) is 32.4 Å². The molecule has 4 amide bonds. The Morgan fingerprint density at radius 3 is 2.46 bits per heavy atom. The highest BCUT2D eigenvalue weighted by molar-refractivity contribution is 7.87. The van der Waals surface area contributed by atoms with Gasteiger partial charge in [-0.2, -0.15) is 12.7 Å². The largest absolute Gasteiger partial charge is 0.491 e. The van der Waals surface area contributed by atoms with Crippen LogP contribution in [0, 0.1) is 17.3 Å². The van der Waals surface area contributed by atoms with Crippen molar-refractivity contribution in [3.63, 3.8) is 0 Å². The summed E-state index contributed by atoms with van der Waals surface area (Å²) in [6.45, 7) is 14.6. The van der Waals surface area contributed by atoms with Crippen molar-refractivity contribution in [2.45, 2.75) is 128 Å². The number of aromatic amines is 1. The number of amides is 4. The maximum atomic E-state index is 14.3. The molecule has 1 unspecified atom stereocenters. The van der Waals surface area contributed by atoms with Crippen LogP contribution in [0.2, 0.25) is 0 Å². The Morgan fingerprint density at radius 1 is 0.985 bits per heavy atom. The molecule has 5 aliphatic rings. The number of para-hydroxylation sites is 1. The molecule has 0 bridgehead atoms. The predicted octanol–water partition coefficient (Wildman–Crippen LogP) is 4.16. The van der Waals surface area contributed by atoms with Crippen LogP contribution in [0.5, 0.6) is 5.75 Å². The highest BCUT2D eigenvalue weighted by Gasteiger charge is 2.61. The standard InChI is InChI=1S/C47H69N7O10S/c1-5-33-31-47(33,44(58)51-65(60,61)53-22-11-12-23-53)50-42(56)37-20-14-24-54(37)43(57)40(46(2,3)4)49-45(59)64-38-21-13-16-32(38)15-7-6-8-18-35-39(63-30-27-52-25-28-62-29-26-52)34-17-9-10-19-36(34)48-41(35)55/h5,9-10,17,19,32-33,37-38,40H,1,6-8,11-16,18,20-31H2,2-4H3,(H,48,55)(H,49,59)(H,50,56)(H,51,58)/t32-,33-,37+,38?,40-,47-/m1/s1. The number of fused-ring (bicyclic) bond motifs is 1. The number of hydrogen-bond donors (Lipinski definition) is 4. The van der Waals surface area contributed by atoms with Gasteiger partial charge in [0, 0.05) is 50.6 Å². The predicted molar refractivity (Wildman–Crippen MR) is 245 cm³/mol. The highest BCUT2D eigenvalue weighted by Crippen LogP contribution is 2.45. The number of hydrogen-bond acceptors (Lipinski definition) is 11. The number of aromatic nitrogens is 1. The quantitative estimate of drug-likeness (QED) is 0.116. The number of nitrogens with one attached hydrogen (secondary N) is 4. The van der Waals surface area contributed by atoms with E-state index in [-0.39, 0.29) is 30.5 Å². The lowest BCUT2D eigenvalue weighted by Gasteiger charge is -2.36. The van der Waals surface area contributed by atoms with Crippen LogP contribution in [-0.2, 0) is 40.5 Å². The first-order valence-corrected chi connectivity index (χ1v) is 25.2. The maximum Gasteiger partial charge on any atom is 0.408 e. The van der Waals surface area contributed by atoms with E-state index in [4.69, 9.17) is 14.2 Å². The van der Waals surface area contributed by atoms with E-state index in [0.29, 0.717) is 76.3 Å². The van der Waals surface area contributed by atoms with Gasteiger partial charge in [-0.3, -0.25) is 24.1 Å². The first-order valence-electron chi connectivity index (χ1n) is 23.7. The molecule has 4 N–H and O–H groups in total. The van der Waals surface area contributed by atoms with Gasteiger partial charge in [0.1, 0.15) is 36.1 Å². The van der Waals surface area contributed by atoms with Gasteiger partial charge in [-0.05, 0) is 94.1 Å². The molecule has 3 saturated heterocycles. The molecule has 65 heavy (non-hydrogen) atoms. The SMILES string of the molecule is C=C[C@@H]1C[C@]1(NC(=O)[C@@H]1CCCN1C(=O)[C@@H](NC(=O)OC1CCC[C@H]1CCCCCc1c(OCCN2CCOCC2)c2ccccc2[nH]c1=O)C(C)(C)C)C(=O)NS(=O)(=O)N1CCCC1. The summed E-state index contributed by atoms with van der Waals surface area (Å²) in [5, 5.41) is 6.55. The van der Waals surface area contributed by atoms with E-state index in [1.165, 1.54) is 15.3 Å². The molecule has 358 valence electrons. The Bertz CT molecular complexity index is 2220. The van der Waals surface area contributed by atoms with Crippen molar-refractivity contribution in [1.29, 1.82) is 0 Å². The molecule has 2 aromatic rings. The average molecular weight is 924 g/mol. The second-order valence-electron chi connectivity index (χ2n) is 19.5. The van der Waals surface area contributed by atoms with Gasteiger partial charge < -0.3 is 34.7 Å². The van der Waals surface area contributed by atoms with Crippen molar-refractivity contribution in [3.05, 3.63) is 52.8 Å². The van der Waals surface area contributed by atoms with E-state index in [1.54, 1.807) is 0 Å². The van der Waals surface area contributed by atoms with Crippen molar-refractivity contribution in [1.82, 2.24) is 34.4 Å². The van der Waals surface area contributed by atoms with Crippen LogP contribution >= 0.6 is 0 Å². The molecule has 1 aromatic carbocycles. The smallest absolute Gasteiger partial charge is 0.408 e. The lowest BCUT2D eigenvalue weighted by atomic mass is 9.85. The fraction of sp³-hybridized carbons (Fsp3) is 0.681. The number of unbranched alkanes of at least 4 members (excludes halogenated alkanes) is 2. The summed E-state index contributed by atoms with van der Waals surface area (Å²) in [4.78, 5) is 75.4. The van der Waals surface area contributed by atoms with E-state index >= 15 is 0 Å². The highest BCUT2D eigenvalue weighted by atomic mass is 32.2. The monoisotopic (exact) mass is 923 g/mol. The third-order valence-corrected chi connectivity index (χ3v) is 15.5. The lowest BCUT2D eigenvalue weighted by molar-refractivity contribution is -0.142. The van der Waals surface area contributed by atoms with Gasteiger partial charge >= 0.3 is 16.3 Å². The summed E-state index contributed by atoms with van der Waals surface area (Å²) in [6, 6.07) is 5.79. The summed E-state index contributed by atoms with van der Waals surface area (Å²) in [7, 11) is -4.08. The Hall–Kier alpha value is -4.52. The number of rotatable bonds is 19. The number of pyridine rings is 1. The van der Waals surface area contributed by atoms with Gasteiger partial charge in [-0.15, -0.1) is 6.58 Å². The number of alkyl carbamates (subject to hydrolysis) is 1. The lowest BCUT2D eigenvalue weighted by Crippen LogP contribution is -2.60. The number of benzene rings is 1. The number of carbonyl (C=O) groups excluding carboxylic acids is 4. The molecule has 0 radical (unpaired) electrons. The topological polar surface area (TPSA) is 209 Å². The van der Waals surface area contributed by atoms with Gasteiger partial charge in [-0.25, -0.2) is 9.52 Å². The zero-order chi connectivity index (χ0) is 46.4. The maximum absolute atomic E-state index is 14.3. The molecule has 18 heteroatoms. The molecule has 3 aliphatic heterocycles. The first-order chi connectivity index (χ1) is 31.1. The Kier molecular flexibility index (Phi) is 15.6. The molecular formula is C47H69N7O10S. The minimum absolute atomic E-state index is 0.128. The van der Waals surface area contributed by atoms with Crippen LogP contribution < -0.4 is 25.7 Å². The minimum atomic E-state index is -4.08. The van der Waals surface area contributed by atoms with E-state index in [2.05, 4.69) is 31.8 Å². The summed E-state index contributed by atoms with van der Waals surface area (Å²) in [5.74, 6) is -1.48. The molecule has 2 saturated carbocycles. The van der Waals surface area contributed by atoms with E-state index in [0.717, 1.165) is 75.5 Å². The van der Waals surface area contributed by atoms with Crippen LogP contribution in [0.4, 0.5) is 4.79 Å². The first kappa shape index (κ1) is 48.4. The number of nitrogens with zero attached hydrogens (tertiary/aromatic N) is 3. The Labute approximate surface area is 382 Å². The summed E-state index contributed by atoms with van der Waals surface area (Å²) < 4.78 is 47.2. The molecular weight excluding hydrogens is 855 g/mol. The van der Waals surface area contributed by atoms with Crippen LogP contribution in [0.15, 0.2) is 41.7 Å². The van der Waals surface area contributed by atoms with Gasteiger partial charge in [0.05, 0.1) is 24.3 Å². The third-order valence-electron chi connectivity index (χ3n) is 14.0.